The van der Waals surface area contributed by atoms with Crippen LogP contribution in [0.5, 0.6) is 0 Å². The minimum atomic E-state index is -4.92. The average Bonchev–Trinajstić information content (AvgIpc) is 3.22. The third kappa shape index (κ3) is 6.46. The Kier molecular flexibility index (Phi) is 8.01. The van der Waals surface area contributed by atoms with Crippen molar-refractivity contribution in [1.29, 1.82) is 0 Å². The molecule has 2 heterocycles. The molecule has 1 aromatic carbocycles. The Labute approximate surface area is 205 Å². The van der Waals surface area contributed by atoms with Gasteiger partial charge in [-0.05, 0) is 44.0 Å². The Morgan fingerprint density at radius 2 is 1.74 bits per heavy atom. The van der Waals surface area contributed by atoms with E-state index >= 15 is 0 Å². The highest BCUT2D eigenvalue weighted by molar-refractivity contribution is 7.89. The summed E-state index contributed by atoms with van der Waals surface area (Å²) >= 11 is 0.313. The fraction of sp³-hybridized carbons (Fsp3) is 0.333. The standard InChI is InChI=1S/C21H23NO10S3/c1-2-22(9-5-3-4-6-18(23)24)14-8-7-13-10-15(21(25)32-16(13)11-14)20-17(34(26,27)28)12-19(33-20)35(29,30)31/h7-8,10-12H,2-6,9H2,1H3,(H,23,24)(H,26,27,28)(H,29,30,31). The second-order valence-electron chi connectivity index (χ2n) is 7.66. The lowest BCUT2D eigenvalue weighted by atomic mass is 10.1. The van der Waals surface area contributed by atoms with Crippen LogP contribution in [-0.4, -0.2) is 50.1 Å². The number of anilines is 1. The van der Waals surface area contributed by atoms with Gasteiger partial charge in [0.15, 0.2) is 0 Å². The Hall–Kier alpha value is -2.78. The summed E-state index contributed by atoms with van der Waals surface area (Å²) < 4.78 is 69.9. The van der Waals surface area contributed by atoms with Gasteiger partial charge in [0.1, 0.15) is 14.7 Å². The molecule has 0 unspecified atom stereocenters. The SMILES string of the molecule is CCN(CCCCCC(=O)O)c1ccc2cc(-c3sc(S(=O)(=O)O)cc3S(=O)(=O)O)c(=O)oc2c1. The van der Waals surface area contributed by atoms with Gasteiger partial charge in [-0.3, -0.25) is 13.9 Å². The van der Waals surface area contributed by atoms with Crippen molar-refractivity contribution in [3.63, 3.8) is 0 Å². The number of carboxylic acid groups (broad SMARTS) is 1. The highest BCUT2D eigenvalue weighted by Gasteiger charge is 2.27. The van der Waals surface area contributed by atoms with E-state index in [-0.39, 0.29) is 22.4 Å². The Balaban J connectivity index is 1.96. The van der Waals surface area contributed by atoms with Crippen molar-refractivity contribution in [2.45, 2.75) is 41.7 Å². The van der Waals surface area contributed by atoms with Crippen LogP contribution in [0.3, 0.4) is 0 Å². The molecular weight excluding hydrogens is 522 g/mol. The number of hydrogen-bond donors (Lipinski definition) is 3. The van der Waals surface area contributed by atoms with Crippen LogP contribution in [0.25, 0.3) is 21.4 Å². The van der Waals surface area contributed by atoms with Crippen LogP contribution in [0.15, 0.2) is 48.6 Å². The average molecular weight is 546 g/mol. The predicted molar refractivity (Wildman–Crippen MR) is 129 cm³/mol. The molecule has 14 heteroatoms. The third-order valence-electron chi connectivity index (χ3n) is 5.24. The number of carbonyl (C=O) groups is 1. The van der Waals surface area contributed by atoms with Crippen molar-refractivity contribution >= 4 is 54.2 Å². The van der Waals surface area contributed by atoms with Gasteiger partial charge < -0.3 is 14.4 Å². The summed E-state index contributed by atoms with van der Waals surface area (Å²) in [7, 11) is -9.70. The number of fused-ring (bicyclic) bond motifs is 1. The molecule has 0 fully saturated rings. The summed E-state index contributed by atoms with van der Waals surface area (Å²) in [4.78, 5) is 24.2. The number of aliphatic carboxylic acids is 1. The molecule has 0 saturated heterocycles. The largest absolute Gasteiger partial charge is 0.481 e. The maximum absolute atomic E-state index is 12.7. The van der Waals surface area contributed by atoms with Crippen LogP contribution < -0.4 is 10.5 Å². The molecule has 0 aliphatic rings. The lowest BCUT2D eigenvalue weighted by Crippen LogP contribution is -2.23. The molecule has 11 nitrogen and oxygen atoms in total. The van der Waals surface area contributed by atoms with E-state index < -0.39 is 40.9 Å². The molecule has 0 spiro atoms. The molecule has 3 aromatic rings. The highest BCUT2D eigenvalue weighted by Crippen LogP contribution is 2.37. The first kappa shape index (κ1) is 26.8. The van der Waals surface area contributed by atoms with E-state index in [0.717, 1.165) is 18.5 Å². The summed E-state index contributed by atoms with van der Waals surface area (Å²) in [6.07, 6.45) is 2.22. The summed E-state index contributed by atoms with van der Waals surface area (Å²) in [6.45, 7) is 3.26. The first-order valence-corrected chi connectivity index (χ1v) is 14.1. The Morgan fingerprint density at radius 1 is 1.03 bits per heavy atom. The lowest BCUT2D eigenvalue weighted by Gasteiger charge is -2.23. The van der Waals surface area contributed by atoms with Crippen LogP contribution in [-0.2, 0) is 25.0 Å². The van der Waals surface area contributed by atoms with E-state index in [4.69, 9.17) is 9.52 Å². The van der Waals surface area contributed by atoms with Gasteiger partial charge in [0, 0.05) is 36.7 Å². The van der Waals surface area contributed by atoms with Crippen molar-refractivity contribution in [2.75, 3.05) is 18.0 Å². The highest BCUT2D eigenvalue weighted by atomic mass is 32.3. The summed E-state index contributed by atoms with van der Waals surface area (Å²) in [5, 5.41) is 9.15. The van der Waals surface area contributed by atoms with Crippen LogP contribution in [0, 0.1) is 0 Å². The second-order valence-corrected chi connectivity index (χ2v) is 11.8. The van der Waals surface area contributed by atoms with Crippen molar-refractivity contribution in [3.8, 4) is 10.4 Å². The fourth-order valence-corrected chi connectivity index (χ4v) is 6.47. The smallest absolute Gasteiger partial charge is 0.345 e. The third-order valence-corrected chi connectivity index (χ3v) is 8.72. The van der Waals surface area contributed by atoms with E-state index in [2.05, 4.69) is 0 Å². The summed E-state index contributed by atoms with van der Waals surface area (Å²) in [6, 6.07) is 6.96. The molecular formula is C21H23NO10S3. The maximum Gasteiger partial charge on any atom is 0.345 e. The van der Waals surface area contributed by atoms with E-state index in [9.17, 15) is 35.5 Å². The summed E-state index contributed by atoms with van der Waals surface area (Å²) in [5.74, 6) is -0.832. The second kappa shape index (κ2) is 10.5. The van der Waals surface area contributed by atoms with E-state index in [1.807, 2.05) is 11.8 Å². The van der Waals surface area contributed by atoms with Gasteiger partial charge in [-0.2, -0.15) is 16.8 Å². The fourth-order valence-electron chi connectivity index (χ4n) is 3.54. The molecule has 2 aromatic heterocycles. The molecule has 0 radical (unpaired) electrons. The topological polar surface area (TPSA) is 179 Å². The molecule has 35 heavy (non-hydrogen) atoms. The molecule has 0 amide bonds. The van der Waals surface area contributed by atoms with Crippen LogP contribution >= 0.6 is 11.3 Å². The summed E-state index contributed by atoms with van der Waals surface area (Å²) in [5.41, 5.74) is -0.276. The Bertz CT molecular complexity index is 1520. The van der Waals surface area contributed by atoms with Crippen LogP contribution in [0.2, 0.25) is 0 Å². The van der Waals surface area contributed by atoms with Crippen LogP contribution in [0.4, 0.5) is 5.69 Å². The van der Waals surface area contributed by atoms with E-state index in [1.54, 1.807) is 18.2 Å². The van der Waals surface area contributed by atoms with E-state index in [1.165, 1.54) is 6.07 Å². The number of unbranched alkanes of at least 4 members (excludes halogenated alkanes) is 2. The predicted octanol–water partition coefficient (Wildman–Crippen LogP) is 3.49. The first-order valence-electron chi connectivity index (χ1n) is 10.4. The van der Waals surface area contributed by atoms with Crippen molar-refractivity contribution in [1.82, 2.24) is 0 Å². The zero-order valence-electron chi connectivity index (χ0n) is 18.5. The van der Waals surface area contributed by atoms with Crippen molar-refractivity contribution < 1.29 is 40.3 Å². The zero-order valence-corrected chi connectivity index (χ0v) is 21.0. The van der Waals surface area contributed by atoms with Gasteiger partial charge in [-0.1, -0.05) is 6.42 Å². The number of hydrogen-bond acceptors (Lipinski definition) is 9. The van der Waals surface area contributed by atoms with Gasteiger partial charge in [-0.25, -0.2) is 4.79 Å². The maximum atomic E-state index is 12.7. The minimum Gasteiger partial charge on any atom is -0.481 e. The number of rotatable bonds is 11. The van der Waals surface area contributed by atoms with Crippen LogP contribution in [0.1, 0.15) is 32.6 Å². The quantitative estimate of drug-likeness (QED) is 0.182. The lowest BCUT2D eigenvalue weighted by molar-refractivity contribution is -0.137. The Morgan fingerprint density at radius 3 is 2.34 bits per heavy atom. The van der Waals surface area contributed by atoms with Gasteiger partial charge in [0.2, 0.25) is 0 Å². The molecule has 190 valence electrons. The number of nitrogens with zero attached hydrogens (tertiary/aromatic N) is 1. The molecule has 0 aliphatic heterocycles. The van der Waals surface area contributed by atoms with Gasteiger partial charge in [0.25, 0.3) is 10.1 Å². The minimum absolute atomic E-state index is 0.116. The van der Waals surface area contributed by atoms with E-state index in [0.29, 0.717) is 42.3 Å². The van der Waals surface area contributed by atoms with Crippen molar-refractivity contribution in [3.05, 3.63) is 40.8 Å². The van der Waals surface area contributed by atoms with Gasteiger partial charge >= 0.3 is 21.7 Å². The van der Waals surface area contributed by atoms with Crippen molar-refractivity contribution in [2.24, 2.45) is 0 Å². The normalized spacial score (nSPS) is 12.2. The number of benzene rings is 1. The molecule has 0 saturated carbocycles. The molecule has 0 bridgehead atoms. The zero-order chi connectivity index (χ0) is 26.0. The first-order chi connectivity index (χ1) is 16.3. The number of carboxylic acids is 1. The molecule has 0 atom stereocenters. The molecule has 3 N–H and O–H groups in total. The molecule has 0 aliphatic carbocycles. The van der Waals surface area contributed by atoms with Gasteiger partial charge in [0.05, 0.1) is 10.4 Å². The monoisotopic (exact) mass is 545 g/mol. The molecule has 3 rings (SSSR count). The van der Waals surface area contributed by atoms with Gasteiger partial charge in [-0.15, -0.1) is 11.3 Å². The number of thiophene rings is 1.